The molecule has 1 atom stereocenters. The van der Waals surface area contributed by atoms with E-state index in [1.807, 2.05) is 0 Å². The maximum atomic E-state index is 11.3. The largest absolute Gasteiger partial charge is 0.314 e. The third-order valence-corrected chi connectivity index (χ3v) is 5.20. The van der Waals surface area contributed by atoms with E-state index >= 15 is 0 Å². The molecule has 0 radical (unpaired) electrons. The van der Waals surface area contributed by atoms with E-state index in [9.17, 15) is 8.42 Å². The molecule has 1 aliphatic rings. The van der Waals surface area contributed by atoms with E-state index < -0.39 is 9.84 Å². The van der Waals surface area contributed by atoms with Gasteiger partial charge in [0.1, 0.15) is 9.84 Å². The van der Waals surface area contributed by atoms with Crippen LogP contribution in [0.1, 0.15) is 52.9 Å². The average molecular weight is 275 g/mol. The Balaban J connectivity index is 2.52. The Kier molecular flexibility index (Phi) is 5.66. The van der Waals surface area contributed by atoms with Gasteiger partial charge in [0.05, 0.1) is 5.75 Å². The maximum absolute atomic E-state index is 11.3. The maximum Gasteiger partial charge on any atom is 0.147 e. The Labute approximate surface area is 113 Å². The van der Waals surface area contributed by atoms with Gasteiger partial charge in [-0.3, -0.25) is 0 Å². The van der Waals surface area contributed by atoms with Gasteiger partial charge in [0.2, 0.25) is 0 Å². The third kappa shape index (κ3) is 5.70. The topological polar surface area (TPSA) is 46.2 Å². The van der Waals surface area contributed by atoms with Gasteiger partial charge in [-0.25, -0.2) is 8.42 Å². The summed E-state index contributed by atoms with van der Waals surface area (Å²) >= 11 is 0. The molecule has 3 nitrogen and oxygen atoms in total. The highest BCUT2D eigenvalue weighted by Gasteiger charge is 2.31. The summed E-state index contributed by atoms with van der Waals surface area (Å²) < 4.78 is 22.6. The van der Waals surface area contributed by atoms with Crippen LogP contribution in [0.25, 0.3) is 0 Å². The Morgan fingerprint density at radius 1 is 1.28 bits per heavy atom. The monoisotopic (exact) mass is 275 g/mol. The van der Waals surface area contributed by atoms with Crippen molar-refractivity contribution in [2.45, 2.75) is 58.9 Å². The Hall–Kier alpha value is -0.0900. The van der Waals surface area contributed by atoms with Gasteiger partial charge in [-0.1, -0.05) is 20.8 Å². The molecule has 18 heavy (non-hydrogen) atoms. The van der Waals surface area contributed by atoms with E-state index in [4.69, 9.17) is 0 Å². The van der Waals surface area contributed by atoms with Gasteiger partial charge in [-0.2, -0.15) is 0 Å². The van der Waals surface area contributed by atoms with Crippen LogP contribution < -0.4 is 5.32 Å². The van der Waals surface area contributed by atoms with E-state index in [-0.39, 0.29) is 0 Å². The van der Waals surface area contributed by atoms with Crippen LogP contribution in [0.5, 0.6) is 0 Å². The van der Waals surface area contributed by atoms with Gasteiger partial charge in [0.15, 0.2) is 0 Å². The molecule has 0 bridgehead atoms. The molecule has 1 rings (SSSR count). The van der Waals surface area contributed by atoms with Crippen molar-refractivity contribution >= 4 is 9.84 Å². The highest BCUT2D eigenvalue weighted by Crippen LogP contribution is 2.39. The number of hydrogen-bond donors (Lipinski definition) is 1. The predicted octanol–water partition coefficient (Wildman–Crippen LogP) is 2.62. The average Bonchev–Trinajstić information content (AvgIpc) is 2.23. The lowest BCUT2D eigenvalue weighted by molar-refractivity contribution is 0.160. The fourth-order valence-corrected chi connectivity index (χ4v) is 3.61. The summed E-state index contributed by atoms with van der Waals surface area (Å²) in [6.07, 6.45) is 7.08. The first-order chi connectivity index (χ1) is 8.23. The van der Waals surface area contributed by atoms with Crippen LogP contribution in [0.4, 0.5) is 0 Å². The van der Waals surface area contributed by atoms with Crippen molar-refractivity contribution in [3.05, 3.63) is 0 Å². The number of rotatable bonds is 6. The molecule has 0 aromatic rings. The molecule has 1 saturated carbocycles. The van der Waals surface area contributed by atoms with E-state index in [1.165, 1.54) is 31.9 Å². The lowest BCUT2D eigenvalue weighted by Crippen LogP contribution is -2.40. The summed E-state index contributed by atoms with van der Waals surface area (Å²) in [5.74, 6) is 0.963. The Morgan fingerprint density at radius 2 is 1.83 bits per heavy atom. The highest BCUT2D eigenvalue weighted by atomic mass is 32.2. The van der Waals surface area contributed by atoms with Crippen molar-refractivity contribution in [2.24, 2.45) is 11.3 Å². The zero-order chi connectivity index (χ0) is 13.8. The van der Waals surface area contributed by atoms with Gasteiger partial charge in [0, 0.05) is 12.3 Å². The lowest BCUT2D eigenvalue weighted by atomic mass is 9.71. The predicted molar refractivity (Wildman–Crippen MR) is 77.5 cm³/mol. The van der Waals surface area contributed by atoms with Crippen LogP contribution in [0.15, 0.2) is 0 Å². The van der Waals surface area contributed by atoms with Crippen LogP contribution >= 0.6 is 0 Å². The van der Waals surface area contributed by atoms with Crippen molar-refractivity contribution in [1.82, 2.24) is 5.32 Å². The van der Waals surface area contributed by atoms with Gasteiger partial charge < -0.3 is 5.32 Å². The van der Waals surface area contributed by atoms with Crippen LogP contribution in [-0.4, -0.2) is 33.0 Å². The summed E-state index contributed by atoms with van der Waals surface area (Å²) in [5, 5.41) is 3.49. The lowest BCUT2D eigenvalue weighted by Gasteiger charge is -2.38. The first-order valence-electron chi connectivity index (χ1n) is 7.14. The molecule has 0 spiro atoms. The van der Waals surface area contributed by atoms with Crippen molar-refractivity contribution in [3.8, 4) is 0 Å². The molecule has 1 aliphatic carbocycles. The molecule has 1 fully saturated rings. The molecular formula is C14H29NO2S. The van der Waals surface area contributed by atoms with Crippen LogP contribution in [0.3, 0.4) is 0 Å². The first-order valence-corrected chi connectivity index (χ1v) is 9.21. The zero-order valence-electron chi connectivity index (χ0n) is 12.3. The van der Waals surface area contributed by atoms with Crippen molar-refractivity contribution in [3.63, 3.8) is 0 Å². The van der Waals surface area contributed by atoms with Gasteiger partial charge in [0.25, 0.3) is 0 Å². The standard InChI is InChI=1S/C14H29NO2S/c1-5-15-13(8-11-18(4,16)17)12-6-9-14(2,3)10-7-12/h12-13,15H,5-11H2,1-4H3. The molecule has 0 aromatic carbocycles. The quantitative estimate of drug-likeness (QED) is 0.810. The molecule has 108 valence electrons. The second kappa shape index (κ2) is 6.38. The molecule has 4 heteroatoms. The van der Waals surface area contributed by atoms with Gasteiger partial charge in [-0.05, 0) is 50.0 Å². The fraction of sp³-hybridized carbons (Fsp3) is 1.00. The summed E-state index contributed by atoms with van der Waals surface area (Å²) in [5.41, 5.74) is 0.476. The SMILES string of the molecule is CCNC(CCS(C)(=O)=O)C1CCC(C)(C)CC1. The minimum Gasteiger partial charge on any atom is -0.314 e. The number of nitrogens with one attached hydrogen (secondary N) is 1. The van der Waals surface area contributed by atoms with E-state index in [1.54, 1.807) is 0 Å². The molecule has 0 saturated heterocycles. The fourth-order valence-electron chi connectivity index (χ4n) is 2.93. The summed E-state index contributed by atoms with van der Waals surface area (Å²) in [6, 6.07) is 0.376. The minimum atomic E-state index is -2.84. The number of hydrogen-bond acceptors (Lipinski definition) is 3. The van der Waals surface area contributed by atoms with E-state index in [0.717, 1.165) is 13.0 Å². The minimum absolute atomic E-state index is 0.310. The second-order valence-electron chi connectivity index (χ2n) is 6.58. The van der Waals surface area contributed by atoms with E-state index in [0.29, 0.717) is 23.1 Å². The van der Waals surface area contributed by atoms with Gasteiger partial charge in [-0.15, -0.1) is 0 Å². The van der Waals surface area contributed by atoms with Crippen LogP contribution in [0.2, 0.25) is 0 Å². The van der Waals surface area contributed by atoms with E-state index in [2.05, 4.69) is 26.1 Å². The summed E-state index contributed by atoms with van der Waals surface area (Å²) in [4.78, 5) is 0. The highest BCUT2D eigenvalue weighted by molar-refractivity contribution is 7.90. The van der Waals surface area contributed by atoms with Crippen molar-refractivity contribution < 1.29 is 8.42 Å². The Bertz CT molecular complexity index is 339. The number of sulfone groups is 1. The smallest absolute Gasteiger partial charge is 0.147 e. The van der Waals surface area contributed by atoms with Crippen LogP contribution in [-0.2, 0) is 9.84 Å². The van der Waals surface area contributed by atoms with Crippen molar-refractivity contribution in [1.29, 1.82) is 0 Å². The zero-order valence-corrected chi connectivity index (χ0v) is 13.1. The molecule has 0 aliphatic heterocycles. The normalized spacial score (nSPS) is 22.9. The molecule has 0 heterocycles. The summed E-state index contributed by atoms with van der Waals surface area (Å²) in [7, 11) is -2.84. The molecule has 0 aromatic heterocycles. The van der Waals surface area contributed by atoms with Crippen molar-refractivity contribution in [2.75, 3.05) is 18.6 Å². The second-order valence-corrected chi connectivity index (χ2v) is 8.84. The van der Waals surface area contributed by atoms with Gasteiger partial charge >= 0.3 is 0 Å². The summed E-state index contributed by atoms with van der Waals surface area (Å²) in [6.45, 7) is 7.69. The van der Waals surface area contributed by atoms with Crippen LogP contribution in [0, 0.1) is 11.3 Å². The molecule has 1 N–H and O–H groups in total. The molecule has 1 unspecified atom stereocenters. The first kappa shape index (κ1) is 16.0. The Morgan fingerprint density at radius 3 is 2.28 bits per heavy atom. The molecule has 0 amide bonds. The third-order valence-electron chi connectivity index (χ3n) is 4.22. The molecular weight excluding hydrogens is 246 g/mol.